The molecular formula is C20H28N2O3. The summed E-state index contributed by atoms with van der Waals surface area (Å²) >= 11 is 0. The molecule has 0 spiro atoms. The number of amides is 2. The molecule has 25 heavy (non-hydrogen) atoms. The zero-order valence-electron chi connectivity index (χ0n) is 14.8. The smallest absolute Gasteiger partial charge is 0.260 e. The largest absolute Gasteiger partial charge is 0.483 e. The number of likely N-dealkylation sites (tertiary alicyclic amines) is 1. The molecule has 2 aliphatic rings. The Labute approximate surface area is 149 Å². The number of para-hydroxylation sites is 1. The van der Waals surface area contributed by atoms with E-state index < -0.39 is 0 Å². The number of ether oxygens (including phenoxy) is 1. The Hall–Kier alpha value is -2.04. The van der Waals surface area contributed by atoms with Crippen molar-refractivity contribution in [2.45, 2.75) is 57.4 Å². The number of rotatable bonds is 5. The lowest BCUT2D eigenvalue weighted by Crippen LogP contribution is -2.36. The van der Waals surface area contributed by atoms with E-state index in [0.29, 0.717) is 11.3 Å². The summed E-state index contributed by atoms with van der Waals surface area (Å²) in [6.45, 7) is 1.62. The van der Waals surface area contributed by atoms with Crippen molar-refractivity contribution in [1.29, 1.82) is 0 Å². The normalized spacial score (nSPS) is 18.6. The molecule has 1 heterocycles. The van der Waals surface area contributed by atoms with E-state index in [9.17, 15) is 9.59 Å². The number of carbonyl (C=O) groups is 2. The summed E-state index contributed by atoms with van der Waals surface area (Å²) in [4.78, 5) is 26.8. The Morgan fingerprint density at radius 1 is 1.00 bits per heavy atom. The van der Waals surface area contributed by atoms with Crippen LogP contribution in [0, 0.1) is 0 Å². The highest BCUT2D eigenvalue weighted by molar-refractivity contribution is 5.97. The van der Waals surface area contributed by atoms with Gasteiger partial charge in [0.2, 0.25) is 0 Å². The summed E-state index contributed by atoms with van der Waals surface area (Å²) in [5.74, 6) is 0.388. The van der Waals surface area contributed by atoms with Crippen LogP contribution in [0.25, 0.3) is 0 Å². The summed E-state index contributed by atoms with van der Waals surface area (Å²) in [7, 11) is 0. The molecule has 0 aromatic heterocycles. The van der Waals surface area contributed by atoms with Crippen LogP contribution >= 0.6 is 0 Å². The van der Waals surface area contributed by atoms with Gasteiger partial charge in [-0.15, -0.1) is 0 Å². The predicted molar refractivity (Wildman–Crippen MR) is 96.7 cm³/mol. The van der Waals surface area contributed by atoms with Gasteiger partial charge in [-0.05, 0) is 37.8 Å². The van der Waals surface area contributed by atoms with Gasteiger partial charge in [-0.1, -0.05) is 37.8 Å². The first kappa shape index (κ1) is 17.8. The molecule has 0 atom stereocenters. The molecule has 5 nitrogen and oxygen atoms in total. The van der Waals surface area contributed by atoms with Crippen LogP contribution in [0.1, 0.15) is 61.7 Å². The zero-order valence-corrected chi connectivity index (χ0v) is 14.8. The number of benzene rings is 1. The van der Waals surface area contributed by atoms with Gasteiger partial charge in [0.05, 0.1) is 5.56 Å². The predicted octanol–water partition coefficient (Wildman–Crippen LogP) is 3.14. The van der Waals surface area contributed by atoms with Crippen molar-refractivity contribution in [3.63, 3.8) is 0 Å². The van der Waals surface area contributed by atoms with E-state index >= 15 is 0 Å². The third-order valence-electron chi connectivity index (χ3n) is 5.13. The maximum atomic E-state index is 12.5. The van der Waals surface area contributed by atoms with Crippen LogP contribution in [-0.4, -0.2) is 42.5 Å². The van der Waals surface area contributed by atoms with Gasteiger partial charge >= 0.3 is 0 Å². The summed E-state index contributed by atoms with van der Waals surface area (Å²) in [6.07, 6.45) is 8.94. The van der Waals surface area contributed by atoms with Crippen LogP contribution < -0.4 is 10.1 Å². The van der Waals surface area contributed by atoms with E-state index in [1.807, 2.05) is 17.0 Å². The molecule has 1 aliphatic carbocycles. The summed E-state index contributed by atoms with van der Waals surface area (Å²) < 4.78 is 5.73. The molecular weight excluding hydrogens is 316 g/mol. The van der Waals surface area contributed by atoms with Gasteiger partial charge in [0, 0.05) is 19.1 Å². The molecule has 1 N–H and O–H groups in total. The Morgan fingerprint density at radius 2 is 1.68 bits per heavy atom. The first-order valence-corrected chi connectivity index (χ1v) is 9.54. The quantitative estimate of drug-likeness (QED) is 0.893. The van der Waals surface area contributed by atoms with Crippen molar-refractivity contribution in [2.75, 3.05) is 19.7 Å². The van der Waals surface area contributed by atoms with Crippen molar-refractivity contribution in [2.24, 2.45) is 0 Å². The highest BCUT2D eigenvalue weighted by atomic mass is 16.5. The van der Waals surface area contributed by atoms with Gasteiger partial charge in [-0.2, -0.15) is 0 Å². The molecule has 1 aromatic carbocycles. The monoisotopic (exact) mass is 344 g/mol. The highest BCUT2D eigenvalue weighted by Crippen LogP contribution is 2.21. The van der Waals surface area contributed by atoms with Crippen molar-refractivity contribution in [3.05, 3.63) is 29.8 Å². The third kappa shape index (κ3) is 4.97. The Balaban J connectivity index is 1.58. The zero-order chi connectivity index (χ0) is 17.5. The molecule has 1 aliphatic heterocycles. The van der Waals surface area contributed by atoms with E-state index in [4.69, 9.17) is 4.74 Å². The maximum absolute atomic E-state index is 12.5. The average Bonchev–Trinajstić information content (AvgIpc) is 2.99. The minimum absolute atomic E-state index is 0.00623. The number of nitrogens with one attached hydrogen (secondary N) is 1. The minimum atomic E-state index is -0.107. The molecule has 1 saturated carbocycles. The number of hydrogen-bond acceptors (Lipinski definition) is 3. The Bertz CT molecular complexity index is 588. The standard InChI is InChI=1S/C20H28N2O3/c23-19(22-13-7-1-2-8-14-22)15-25-18-12-6-5-11-17(18)20(24)21-16-9-3-4-10-16/h5-6,11-12,16H,1-4,7-10,13-15H2,(H,21,24). The molecule has 0 bridgehead atoms. The summed E-state index contributed by atoms with van der Waals surface area (Å²) in [5, 5.41) is 3.08. The molecule has 2 amide bonds. The first-order chi connectivity index (χ1) is 12.2. The molecule has 0 radical (unpaired) electrons. The first-order valence-electron chi connectivity index (χ1n) is 9.54. The van der Waals surface area contributed by atoms with Crippen molar-refractivity contribution in [1.82, 2.24) is 10.2 Å². The molecule has 0 unspecified atom stereocenters. The Kier molecular flexibility index (Phi) is 6.31. The lowest BCUT2D eigenvalue weighted by atomic mass is 10.1. The number of nitrogens with zero attached hydrogens (tertiary/aromatic N) is 1. The van der Waals surface area contributed by atoms with Gasteiger partial charge < -0.3 is 15.0 Å². The summed E-state index contributed by atoms with van der Waals surface area (Å²) in [5.41, 5.74) is 0.512. The van der Waals surface area contributed by atoms with Crippen LogP contribution in [0.5, 0.6) is 5.75 Å². The van der Waals surface area contributed by atoms with Crippen LogP contribution in [-0.2, 0) is 4.79 Å². The third-order valence-corrected chi connectivity index (χ3v) is 5.13. The number of carbonyl (C=O) groups excluding carboxylic acids is 2. The summed E-state index contributed by atoms with van der Waals surface area (Å²) in [6, 6.07) is 7.44. The molecule has 1 aromatic rings. The highest BCUT2D eigenvalue weighted by Gasteiger charge is 2.21. The molecule has 3 rings (SSSR count). The topological polar surface area (TPSA) is 58.6 Å². The second-order valence-electron chi connectivity index (χ2n) is 7.03. The fraction of sp³-hybridized carbons (Fsp3) is 0.600. The van der Waals surface area contributed by atoms with E-state index in [0.717, 1.165) is 38.8 Å². The second-order valence-corrected chi connectivity index (χ2v) is 7.03. The second kappa shape index (κ2) is 8.88. The van der Waals surface area contributed by atoms with Gasteiger partial charge in [0.15, 0.2) is 6.61 Å². The molecule has 136 valence electrons. The van der Waals surface area contributed by atoms with Crippen molar-refractivity contribution in [3.8, 4) is 5.75 Å². The average molecular weight is 344 g/mol. The molecule has 1 saturated heterocycles. The lowest BCUT2D eigenvalue weighted by Gasteiger charge is -2.21. The van der Waals surface area contributed by atoms with Crippen molar-refractivity contribution < 1.29 is 14.3 Å². The molecule has 5 heteroatoms. The SMILES string of the molecule is O=C(NC1CCCC1)c1ccccc1OCC(=O)N1CCCCCC1. The van der Waals surface area contributed by atoms with Gasteiger partial charge in [0.25, 0.3) is 11.8 Å². The fourth-order valence-corrected chi connectivity index (χ4v) is 3.66. The van der Waals surface area contributed by atoms with E-state index in [-0.39, 0.29) is 24.5 Å². The molecule has 2 fully saturated rings. The van der Waals surface area contributed by atoms with Crippen LogP contribution in [0.15, 0.2) is 24.3 Å². The minimum Gasteiger partial charge on any atom is -0.483 e. The number of hydrogen-bond donors (Lipinski definition) is 1. The Morgan fingerprint density at radius 3 is 2.40 bits per heavy atom. The van der Waals surface area contributed by atoms with Gasteiger partial charge in [-0.25, -0.2) is 0 Å². The van der Waals surface area contributed by atoms with Crippen LogP contribution in [0.4, 0.5) is 0 Å². The van der Waals surface area contributed by atoms with E-state index in [1.165, 1.54) is 25.7 Å². The van der Waals surface area contributed by atoms with Crippen LogP contribution in [0.2, 0.25) is 0 Å². The van der Waals surface area contributed by atoms with Crippen LogP contribution in [0.3, 0.4) is 0 Å². The van der Waals surface area contributed by atoms with E-state index in [1.54, 1.807) is 12.1 Å². The van der Waals surface area contributed by atoms with Gasteiger partial charge in [-0.3, -0.25) is 9.59 Å². The lowest BCUT2D eigenvalue weighted by molar-refractivity contribution is -0.133. The van der Waals surface area contributed by atoms with E-state index in [2.05, 4.69) is 5.32 Å². The fourth-order valence-electron chi connectivity index (χ4n) is 3.66. The van der Waals surface area contributed by atoms with Crippen molar-refractivity contribution >= 4 is 11.8 Å². The maximum Gasteiger partial charge on any atom is 0.260 e. The van der Waals surface area contributed by atoms with Gasteiger partial charge in [0.1, 0.15) is 5.75 Å².